The van der Waals surface area contributed by atoms with Crippen LogP contribution in [0.3, 0.4) is 0 Å². The van der Waals surface area contributed by atoms with Gasteiger partial charge >= 0.3 is 0 Å². The number of ether oxygens (including phenoxy) is 3. The molecule has 15 atom stereocenters. The van der Waals surface area contributed by atoms with E-state index in [0.717, 1.165) is 19.3 Å². The summed E-state index contributed by atoms with van der Waals surface area (Å²) >= 11 is 0. The van der Waals surface area contributed by atoms with Crippen LogP contribution >= 0.6 is 0 Å². The molecule has 194 valence electrons. The summed E-state index contributed by atoms with van der Waals surface area (Å²) in [6.07, 6.45) is 5.01. The number of ketones is 1. The van der Waals surface area contributed by atoms with Crippen molar-refractivity contribution in [3.8, 4) is 0 Å². The summed E-state index contributed by atoms with van der Waals surface area (Å²) in [5.41, 5.74) is -3.46. The highest BCUT2D eigenvalue weighted by atomic mass is 16.7. The Morgan fingerprint density at radius 2 is 1.83 bits per heavy atom. The zero-order valence-electron chi connectivity index (χ0n) is 21.4. The number of allylic oxidation sites excluding steroid dienone is 1. The van der Waals surface area contributed by atoms with Crippen LogP contribution in [-0.2, 0) is 19.0 Å². The summed E-state index contributed by atoms with van der Waals surface area (Å²) in [6, 6.07) is 0. The second-order valence-electron chi connectivity index (χ2n) is 13.7. The minimum atomic E-state index is -1.19. The van der Waals surface area contributed by atoms with Crippen molar-refractivity contribution in [1.82, 2.24) is 0 Å². The van der Waals surface area contributed by atoms with Crippen molar-refractivity contribution in [3.05, 3.63) is 12.2 Å². The lowest BCUT2D eigenvalue weighted by Crippen LogP contribution is -2.69. The highest BCUT2D eigenvalue weighted by molar-refractivity contribution is 5.97. The average Bonchev–Trinajstić information content (AvgIpc) is 3.66. The number of rotatable bonds is 2. The quantitative estimate of drug-likeness (QED) is 0.512. The van der Waals surface area contributed by atoms with Crippen LogP contribution in [0.1, 0.15) is 66.7 Å². The van der Waals surface area contributed by atoms with Gasteiger partial charge < -0.3 is 29.5 Å². The fourth-order valence-electron chi connectivity index (χ4n) is 10.2. The van der Waals surface area contributed by atoms with E-state index in [1.807, 2.05) is 13.8 Å². The summed E-state index contributed by atoms with van der Waals surface area (Å²) in [7, 11) is 0. The van der Waals surface area contributed by atoms with E-state index in [-0.39, 0.29) is 64.7 Å². The average molecular weight is 489 g/mol. The molecule has 3 saturated carbocycles. The molecule has 0 bridgehead atoms. The summed E-state index contributed by atoms with van der Waals surface area (Å²) in [5.74, 6) is 0.590. The minimum absolute atomic E-state index is 0.0285. The van der Waals surface area contributed by atoms with Gasteiger partial charge in [-0.15, -0.1) is 0 Å². The number of hydrogen-bond donors (Lipinski definition) is 3. The van der Waals surface area contributed by atoms with E-state index in [0.29, 0.717) is 12.8 Å². The van der Waals surface area contributed by atoms with Gasteiger partial charge in [0.15, 0.2) is 12.1 Å². The number of fused-ring (bicyclic) bond motifs is 9. The first-order valence-electron chi connectivity index (χ1n) is 13.6. The van der Waals surface area contributed by atoms with Crippen LogP contribution in [0, 0.1) is 40.4 Å². The third-order valence-corrected chi connectivity index (χ3v) is 12.8. The molecule has 7 heteroatoms. The van der Waals surface area contributed by atoms with Crippen molar-refractivity contribution < 1.29 is 34.3 Å². The van der Waals surface area contributed by atoms with E-state index in [4.69, 9.17) is 14.2 Å². The Morgan fingerprint density at radius 3 is 2.54 bits per heavy atom. The maximum absolute atomic E-state index is 13.3. The van der Waals surface area contributed by atoms with Crippen LogP contribution in [0.4, 0.5) is 0 Å². The fraction of sp³-hybridized carbons (Fsp3) is 0.893. The number of aliphatic hydroxyl groups is 3. The maximum atomic E-state index is 13.3. The first-order chi connectivity index (χ1) is 16.3. The largest absolute Gasteiger partial charge is 0.393 e. The van der Waals surface area contributed by atoms with Crippen molar-refractivity contribution in [2.45, 2.75) is 114 Å². The molecular weight excluding hydrogens is 448 g/mol. The molecule has 6 fully saturated rings. The van der Waals surface area contributed by atoms with Gasteiger partial charge in [-0.2, -0.15) is 0 Å². The van der Waals surface area contributed by atoms with Crippen LogP contribution in [0.5, 0.6) is 0 Å². The van der Waals surface area contributed by atoms with Crippen molar-refractivity contribution in [3.63, 3.8) is 0 Å². The number of carbonyl (C=O) groups excluding carboxylic acids is 1. The summed E-state index contributed by atoms with van der Waals surface area (Å²) in [4.78, 5) is 13.3. The monoisotopic (exact) mass is 488 g/mol. The zero-order chi connectivity index (χ0) is 24.9. The molecule has 0 radical (unpaired) electrons. The maximum Gasteiger partial charge on any atom is 0.186 e. The molecule has 0 aromatic rings. The van der Waals surface area contributed by atoms with Crippen LogP contribution < -0.4 is 0 Å². The van der Waals surface area contributed by atoms with Crippen molar-refractivity contribution in [2.24, 2.45) is 40.4 Å². The van der Waals surface area contributed by atoms with E-state index in [9.17, 15) is 20.1 Å². The number of hydrogen-bond acceptors (Lipinski definition) is 7. The molecule has 3 N–H and O–H groups in total. The zero-order valence-corrected chi connectivity index (χ0v) is 21.4. The van der Waals surface area contributed by atoms with Gasteiger partial charge in [-0.25, -0.2) is 0 Å². The van der Waals surface area contributed by atoms with Crippen molar-refractivity contribution in [1.29, 1.82) is 0 Å². The summed E-state index contributed by atoms with van der Waals surface area (Å²) in [5, 5.41) is 34.2. The molecule has 3 aliphatic heterocycles. The van der Waals surface area contributed by atoms with Crippen LogP contribution in [-0.4, -0.2) is 68.6 Å². The highest BCUT2D eigenvalue weighted by Crippen LogP contribution is 2.72. The Hall–Kier alpha value is -0.830. The van der Waals surface area contributed by atoms with Gasteiger partial charge in [0.2, 0.25) is 0 Å². The van der Waals surface area contributed by atoms with E-state index in [2.05, 4.69) is 20.8 Å². The van der Waals surface area contributed by atoms with E-state index in [1.165, 1.54) is 0 Å². The molecule has 7 rings (SSSR count). The van der Waals surface area contributed by atoms with Crippen LogP contribution in [0.15, 0.2) is 12.2 Å². The molecule has 35 heavy (non-hydrogen) atoms. The molecule has 0 amide bonds. The van der Waals surface area contributed by atoms with Gasteiger partial charge in [0.25, 0.3) is 0 Å². The molecule has 4 aliphatic carbocycles. The SMILES string of the molecule is C[C@@H]([C@H]1CC[C@H]2[C@@H]3[C@@H]4O[C@@H]4[C@@]4(O)CC=CC(=O)[C@]4(C)[C@@H]3C[C@H](O)[C@]12C)[C@H]1C[C@]2(C)O[C@]2(C)[C@H](O)O1. The smallest absolute Gasteiger partial charge is 0.186 e. The standard InChI is InChI=1S/C28H40O7/c1-13(17-12-24(2)27(5,35-24)23(31)33-17)14-8-9-15-20-16(11-19(30)25(14,15)3)26(4)18(29)7-6-10-28(26,32)22-21(20)34-22/h6-7,13-17,19-23,30-32H,8-12H2,1-5H3/t13-,14+,15-,16+,17+,19-,20-,21-,22-,23+,24-,25+,26-,27+,28-/m0/s1. The predicted octanol–water partition coefficient (Wildman–Crippen LogP) is 2.35. The molecule has 7 aliphatic rings. The summed E-state index contributed by atoms with van der Waals surface area (Å²) in [6.45, 7) is 10.3. The minimum Gasteiger partial charge on any atom is -0.393 e. The first kappa shape index (κ1) is 23.3. The fourth-order valence-corrected chi connectivity index (χ4v) is 10.2. The molecule has 7 nitrogen and oxygen atoms in total. The lowest BCUT2D eigenvalue weighted by atomic mass is 9.43. The number of carbonyl (C=O) groups is 1. The molecule has 0 aromatic heterocycles. The third kappa shape index (κ3) is 2.47. The molecule has 0 aromatic carbocycles. The normalized spacial score (nSPS) is 64.9. The molecule has 0 spiro atoms. The number of epoxide rings is 2. The van der Waals surface area contributed by atoms with Crippen molar-refractivity contribution >= 4 is 5.78 Å². The Kier molecular flexibility index (Phi) is 4.39. The summed E-state index contributed by atoms with van der Waals surface area (Å²) < 4.78 is 18.3. The topological polar surface area (TPSA) is 112 Å². The van der Waals surface area contributed by atoms with Gasteiger partial charge in [0, 0.05) is 6.42 Å². The van der Waals surface area contributed by atoms with Crippen LogP contribution in [0.2, 0.25) is 0 Å². The highest BCUT2D eigenvalue weighted by Gasteiger charge is 2.79. The van der Waals surface area contributed by atoms with E-state index in [1.54, 1.807) is 12.2 Å². The second kappa shape index (κ2) is 6.59. The Bertz CT molecular complexity index is 1010. The Balaban J connectivity index is 1.21. The lowest BCUT2D eigenvalue weighted by molar-refractivity contribution is -0.216. The van der Waals surface area contributed by atoms with Crippen LogP contribution in [0.25, 0.3) is 0 Å². The molecule has 3 heterocycles. The van der Waals surface area contributed by atoms with Gasteiger partial charge in [-0.1, -0.05) is 19.9 Å². The van der Waals surface area contributed by atoms with Gasteiger partial charge in [-0.05, 0) is 87.5 Å². The first-order valence-corrected chi connectivity index (χ1v) is 13.6. The molecule has 0 unspecified atom stereocenters. The third-order valence-electron chi connectivity index (χ3n) is 12.8. The van der Waals surface area contributed by atoms with Gasteiger partial charge in [0.05, 0.1) is 23.7 Å². The Morgan fingerprint density at radius 1 is 1.09 bits per heavy atom. The van der Waals surface area contributed by atoms with Gasteiger partial charge in [-0.3, -0.25) is 4.79 Å². The van der Waals surface area contributed by atoms with Gasteiger partial charge in [0.1, 0.15) is 22.9 Å². The second-order valence-corrected chi connectivity index (χ2v) is 13.7. The number of aliphatic hydroxyl groups excluding tert-OH is 2. The molecule has 3 saturated heterocycles. The van der Waals surface area contributed by atoms with E-state index >= 15 is 0 Å². The predicted molar refractivity (Wildman–Crippen MR) is 125 cm³/mol. The van der Waals surface area contributed by atoms with Crippen molar-refractivity contribution in [2.75, 3.05) is 0 Å². The lowest BCUT2D eigenvalue weighted by Gasteiger charge is -2.61. The van der Waals surface area contributed by atoms with E-state index < -0.39 is 29.0 Å². The molecular formula is C28H40O7. The Labute approximate surface area is 207 Å².